The highest BCUT2D eigenvalue weighted by molar-refractivity contribution is 4.71. The molecule has 1 aliphatic rings. The molecule has 2 N–H and O–H groups in total. The summed E-state index contributed by atoms with van der Waals surface area (Å²) in [7, 11) is 2.00. The van der Waals surface area contributed by atoms with Crippen LogP contribution in [0.15, 0.2) is 0 Å². The van der Waals surface area contributed by atoms with Crippen LogP contribution in [-0.2, 0) is 0 Å². The maximum absolute atomic E-state index is 9.24. The van der Waals surface area contributed by atoms with Crippen molar-refractivity contribution < 1.29 is 5.11 Å². The average molecular weight is 157 g/mol. The van der Waals surface area contributed by atoms with Gasteiger partial charge >= 0.3 is 0 Å². The Kier molecular flexibility index (Phi) is 3.87. The summed E-state index contributed by atoms with van der Waals surface area (Å²) in [6.45, 7) is 1.13. The largest absolute Gasteiger partial charge is 0.393 e. The van der Waals surface area contributed by atoms with Gasteiger partial charge in [-0.1, -0.05) is 0 Å². The Balaban J connectivity index is 2.07. The number of nitrogens with one attached hydrogen (secondary N) is 1. The van der Waals surface area contributed by atoms with E-state index in [1.54, 1.807) is 0 Å². The molecule has 0 heterocycles. The van der Waals surface area contributed by atoms with Gasteiger partial charge in [0.1, 0.15) is 0 Å². The van der Waals surface area contributed by atoms with Crippen molar-refractivity contribution in [2.45, 2.75) is 38.2 Å². The van der Waals surface area contributed by atoms with E-state index in [0.717, 1.165) is 25.3 Å². The monoisotopic (exact) mass is 157 g/mol. The van der Waals surface area contributed by atoms with E-state index in [1.165, 1.54) is 19.3 Å². The van der Waals surface area contributed by atoms with Crippen molar-refractivity contribution in [3.63, 3.8) is 0 Å². The van der Waals surface area contributed by atoms with Crippen LogP contribution >= 0.6 is 0 Å². The van der Waals surface area contributed by atoms with Gasteiger partial charge < -0.3 is 10.4 Å². The Hall–Kier alpha value is -0.0800. The first kappa shape index (κ1) is 9.01. The van der Waals surface area contributed by atoms with Crippen LogP contribution in [-0.4, -0.2) is 24.8 Å². The highest BCUT2D eigenvalue weighted by Crippen LogP contribution is 2.26. The predicted molar refractivity (Wildman–Crippen MR) is 46.5 cm³/mol. The minimum Gasteiger partial charge on any atom is -0.393 e. The molecule has 0 aromatic heterocycles. The first-order valence-electron chi connectivity index (χ1n) is 4.65. The Labute approximate surface area is 69.0 Å². The predicted octanol–water partition coefficient (Wildman–Crippen LogP) is 1.15. The quantitative estimate of drug-likeness (QED) is 0.644. The van der Waals surface area contributed by atoms with Crippen LogP contribution < -0.4 is 5.32 Å². The van der Waals surface area contributed by atoms with Crippen LogP contribution in [0.25, 0.3) is 0 Å². The van der Waals surface area contributed by atoms with Gasteiger partial charge in [-0.25, -0.2) is 0 Å². The smallest absolute Gasteiger partial charge is 0.0540 e. The highest BCUT2D eigenvalue weighted by atomic mass is 16.3. The number of hydrogen-bond acceptors (Lipinski definition) is 2. The number of aliphatic hydroxyl groups excluding tert-OH is 1. The summed E-state index contributed by atoms with van der Waals surface area (Å²) in [6, 6.07) is 0. The van der Waals surface area contributed by atoms with E-state index in [1.807, 2.05) is 7.05 Å². The average Bonchev–Trinajstić information content (AvgIpc) is 2.04. The van der Waals surface area contributed by atoms with Crippen molar-refractivity contribution in [2.75, 3.05) is 13.6 Å². The Morgan fingerprint density at radius 1 is 1.27 bits per heavy atom. The zero-order valence-electron chi connectivity index (χ0n) is 7.34. The molecule has 0 aliphatic heterocycles. The zero-order chi connectivity index (χ0) is 8.10. The third-order valence-corrected chi connectivity index (χ3v) is 2.62. The summed E-state index contributed by atoms with van der Waals surface area (Å²) in [6.07, 6.45) is 5.78. The fraction of sp³-hybridized carbons (Fsp3) is 1.00. The molecule has 11 heavy (non-hydrogen) atoms. The standard InChI is InChI=1S/C9H19NO/c1-10-7-6-8-2-4-9(11)5-3-8/h8-11H,2-7H2,1H3. The molecule has 0 saturated heterocycles. The van der Waals surface area contributed by atoms with Crippen LogP contribution in [0, 0.1) is 5.92 Å². The number of aliphatic hydroxyl groups is 1. The maximum atomic E-state index is 9.24. The van der Waals surface area contributed by atoms with Gasteiger partial charge in [-0.15, -0.1) is 0 Å². The molecule has 1 fully saturated rings. The SMILES string of the molecule is CNCCC1CCC(O)CC1. The second-order valence-corrected chi connectivity index (χ2v) is 3.57. The first-order chi connectivity index (χ1) is 5.33. The van der Waals surface area contributed by atoms with Crippen LogP contribution in [0.4, 0.5) is 0 Å². The molecule has 0 unspecified atom stereocenters. The van der Waals surface area contributed by atoms with E-state index in [0.29, 0.717) is 0 Å². The summed E-state index contributed by atoms with van der Waals surface area (Å²) in [4.78, 5) is 0. The van der Waals surface area contributed by atoms with Gasteiger partial charge in [0.2, 0.25) is 0 Å². The van der Waals surface area contributed by atoms with E-state index in [2.05, 4.69) is 5.32 Å². The molecule has 66 valence electrons. The van der Waals surface area contributed by atoms with Crippen LogP contribution in [0.1, 0.15) is 32.1 Å². The second-order valence-electron chi connectivity index (χ2n) is 3.57. The van der Waals surface area contributed by atoms with Crippen LogP contribution in [0.5, 0.6) is 0 Å². The topological polar surface area (TPSA) is 32.3 Å². The Morgan fingerprint density at radius 2 is 1.91 bits per heavy atom. The van der Waals surface area contributed by atoms with E-state index in [9.17, 15) is 5.11 Å². The third-order valence-electron chi connectivity index (χ3n) is 2.62. The van der Waals surface area contributed by atoms with Gasteiger partial charge in [-0.05, 0) is 51.6 Å². The van der Waals surface area contributed by atoms with Crippen molar-refractivity contribution in [1.82, 2.24) is 5.32 Å². The van der Waals surface area contributed by atoms with E-state index in [-0.39, 0.29) is 6.10 Å². The lowest BCUT2D eigenvalue weighted by molar-refractivity contribution is 0.106. The van der Waals surface area contributed by atoms with Crippen molar-refractivity contribution in [3.05, 3.63) is 0 Å². The molecule has 2 heteroatoms. The fourth-order valence-corrected chi connectivity index (χ4v) is 1.78. The lowest BCUT2D eigenvalue weighted by atomic mass is 9.85. The minimum absolute atomic E-state index is 0.000774. The molecular weight excluding hydrogens is 138 g/mol. The highest BCUT2D eigenvalue weighted by Gasteiger charge is 2.18. The molecular formula is C9H19NO. The summed E-state index contributed by atoms with van der Waals surface area (Å²) in [5.74, 6) is 0.867. The zero-order valence-corrected chi connectivity index (χ0v) is 7.34. The maximum Gasteiger partial charge on any atom is 0.0540 e. The fourth-order valence-electron chi connectivity index (χ4n) is 1.78. The van der Waals surface area contributed by atoms with Gasteiger partial charge in [0.25, 0.3) is 0 Å². The van der Waals surface area contributed by atoms with Crippen LogP contribution in [0.3, 0.4) is 0 Å². The Morgan fingerprint density at radius 3 is 2.45 bits per heavy atom. The van der Waals surface area contributed by atoms with Crippen molar-refractivity contribution in [3.8, 4) is 0 Å². The van der Waals surface area contributed by atoms with Crippen molar-refractivity contribution in [2.24, 2.45) is 5.92 Å². The van der Waals surface area contributed by atoms with Crippen molar-refractivity contribution >= 4 is 0 Å². The van der Waals surface area contributed by atoms with Gasteiger partial charge in [-0.2, -0.15) is 0 Å². The van der Waals surface area contributed by atoms with E-state index < -0.39 is 0 Å². The van der Waals surface area contributed by atoms with Gasteiger partial charge in [-0.3, -0.25) is 0 Å². The van der Waals surface area contributed by atoms with Gasteiger partial charge in [0.05, 0.1) is 6.10 Å². The molecule has 0 bridgehead atoms. The lowest BCUT2D eigenvalue weighted by Crippen LogP contribution is -2.21. The lowest BCUT2D eigenvalue weighted by Gasteiger charge is -2.24. The molecule has 2 nitrogen and oxygen atoms in total. The van der Waals surface area contributed by atoms with Gasteiger partial charge in [0, 0.05) is 0 Å². The van der Waals surface area contributed by atoms with Crippen molar-refractivity contribution in [1.29, 1.82) is 0 Å². The summed E-state index contributed by atoms with van der Waals surface area (Å²) < 4.78 is 0. The summed E-state index contributed by atoms with van der Waals surface area (Å²) >= 11 is 0. The number of hydrogen-bond donors (Lipinski definition) is 2. The third kappa shape index (κ3) is 3.21. The molecule has 0 amide bonds. The number of rotatable bonds is 3. The van der Waals surface area contributed by atoms with E-state index in [4.69, 9.17) is 0 Å². The molecule has 0 atom stereocenters. The normalized spacial score (nSPS) is 32.2. The Bertz CT molecular complexity index is 95.0. The second kappa shape index (κ2) is 4.73. The molecule has 1 aliphatic carbocycles. The molecule has 0 aromatic carbocycles. The molecule has 1 saturated carbocycles. The van der Waals surface area contributed by atoms with Crippen LogP contribution in [0.2, 0.25) is 0 Å². The molecule has 0 spiro atoms. The summed E-state index contributed by atoms with van der Waals surface area (Å²) in [5, 5.41) is 12.4. The van der Waals surface area contributed by atoms with E-state index >= 15 is 0 Å². The summed E-state index contributed by atoms with van der Waals surface area (Å²) in [5.41, 5.74) is 0. The van der Waals surface area contributed by atoms with Gasteiger partial charge in [0.15, 0.2) is 0 Å². The molecule has 0 aromatic rings. The molecule has 1 rings (SSSR count). The minimum atomic E-state index is 0.000774. The molecule has 0 radical (unpaired) electrons. The first-order valence-corrected chi connectivity index (χ1v) is 4.65.